The monoisotopic (exact) mass is 214 g/mol. The van der Waals surface area contributed by atoms with Crippen LogP contribution in [0.2, 0.25) is 0 Å². The molecular weight excluding hydrogens is 188 g/mol. The predicted octanol–water partition coefficient (Wildman–Crippen LogP) is 1.34. The Morgan fingerprint density at radius 1 is 1.53 bits per heavy atom. The number of rotatable bonds is 7. The summed E-state index contributed by atoms with van der Waals surface area (Å²) in [6.07, 6.45) is 3.89. The zero-order valence-electron chi connectivity index (χ0n) is 10.5. The van der Waals surface area contributed by atoms with E-state index in [-0.39, 0.29) is 0 Å². The van der Waals surface area contributed by atoms with Crippen molar-refractivity contribution in [2.24, 2.45) is 5.92 Å². The average molecular weight is 214 g/mol. The normalized spacial score (nSPS) is 24.6. The lowest BCUT2D eigenvalue weighted by atomic mass is 10.1. The van der Waals surface area contributed by atoms with E-state index < -0.39 is 0 Å². The third-order valence-electron chi connectivity index (χ3n) is 3.30. The summed E-state index contributed by atoms with van der Waals surface area (Å²) in [5.74, 6) is 0.756. The highest BCUT2D eigenvalue weighted by Crippen LogP contribution is 2.20. The van der Waals surface area contributed by atoms with Crippen LogP contribution in [0.4, 0.5) is 0 Å². The molecule has 1 N–H and O–H groups in total. The van der Waals surface area contributed by atoms with Crippen molar-refractivity contribution in [3.63, 3.8) is 0 Å². The lowest BCUT2D eigenvalue weighted by Gasteiger charge is -2.27. The third-order valence-corrected chi connectivity index (χ3v) is 3.30. The van der Waals surface area contributed by atoms with E-state index in [1.54, 1.807) is 7.11 Å². The molecule has 0 bridgehead atoms. The molecule has 0 aromatic carbocycles. The Labute approximate surface area is 94.2 Å². The largest absolute Gasteiger partial charge is 0.384 e. The second kappa shape index (κ2) is 7.20. The lowest BCUT2D eigenvalue weighted by molar-refractivity contribution is 0.145. The summed E-state index contributed by atoms with van der Waals surface area (Å²) in [4.78, 5) is 2.63. The second-order valence-corrected chi connectivity index (χ2v) is 4.61. The van der Waals surface area contributed by atoms with Crippen LogP contribution in [0.3, 0.4) is 0 Å². The average Bonchev–Trinajstić information content (AvgIpc) is 2.67. The number of likely N-dealkylation sites (tertiary alicyclic amines) is 1. The van der Waals surface area contributed by atoms with E-state index in [1.807, 2.05) is 7.05 Å². The number of ether oxygens (including phenoxy) is 1. The van der Waals surface area contributed by atoms with Crippen molar-refractivity contribution in [2.45, 2.75) is 32.2 Å². The zero-order chi connectivity index (χ0) is 11.1. The van der Waals surface area contributed by atoms with Gasteiger partial charge in [0.05, 0.1) is 6.61 Å². The predicted molar refractivity (Wildman–Crippen MR) is 64.2 cm³/mol. The van der Waals surface area contributed by atoms with Crippen molar-refractivity contribution >= 4 is 0 Å². The molecule has 1 rings (SSSR count). The maximum atomic E-state index is 5.23. The number of likely N-dealkylation sites (N-methyl/N-ethyl adjacent to an activating group) is 1. The molecule has 3 nitrogen and oxygen atoms in total. The Balaban J connectivity index is 2.34. The van der Waals surface area contributed by atoms with Gasteiger partial charge in [0.25, 0.3) is 0 Å². The Bertz CT molecular complexity index is 158. The molecule has 0 amide bonds. The number of methoxy groups -OCH3 is 1. The van der Waals surface area contributed by atoms with E-state index in [1.165, 1.54) is 32.4 Å². The summed E-state index contributed by atoms with van der Waals surface area (Å²) in [6.45, 7) is 6.79. The first-order valence-corrected chi connectivity index (χ1v) is 6.19. The minimum Gasteiger partial charge on any atom is -0.384 e. The van der Waals surface area contributed by atoms with Gasteiger partial charge in [0.1, 0.15) is 0 Å². The van der Waals surface area contributed by atoms with Crippen molar-refractivity contribution in [1.82, 2.24) is 10.2 Å². The molecule has 0 aromatic heterocycles. The molecular formula is C12H26N2O. The highest BCUT2D eigenvalue weighted by atomic mass is 16.5. The summed E-state index contributed by atoms with van der Waals surface area (Å²) in [5.41, 5.74) is 0. The van der Waals surface area contributed by atoms with Gasteiger partial charge in [-0.25, -0.2) is 0 Å². The van der Waals surface area contributed by atoms with Gasteiger partial charge in [-0.15, -0.1) is 0 Å². The first-order chi connectivity index (χ1) is 7.31. The van der Waals surface area contributed by atoms with Crippen LogP contribution in [0.25, 0.3) is 0 Å². The minimum absolute atomic E-state index is 0.724. The van der Waals surface area contributed by atoms with Crippen LogP contribution >= 0.6 is 0 Å². The number of hydrogen-bond donors (Lipinski definition) is 1. The molecule has 0 radical (unpaired) electrons. The lowest BCUT2D eigenvalue weighted by Crippen LogP contribution is -2.40. The molecule has 0 aromatic rings. The highest BCUT2D eigenvalue weighted by Gasteiger charge is 2.27. The molecule has 1 saturated heterocycles. The number of nitrogens with one attached hydrogen (secondary N) is 1. The van der Waals surface area contributed by atoms with Gasteiger partial charge < -0.3 is 10.1 Å². The molecule has 90 valence electrons. The molecule has 2 unspecified atom stereocenters. The molecule has 3 heteroatoms. The first-order valence-electron chi connectivity index (χ1n) is 6.19. The van der Waals surface area contributed by atoms with Gasteiger partial charge >= 0.3 is 0 Å². The summed E-state index contributed by atoms with van der Waals surface area (Å²) in [7, 11) is 3.85. The van der Waals surface area contributed by atoms with Crippen molar-refractivity contribution < 1.29 is 4.74 Å². The topological polar surface area (TPSA) is 24.5 Å². The quantitative estimate of drug-likeness (QED) is 0.692. The molecule has 0 saturated carbocycles. The second-order valence-electron chi connectivity index (χ2n) is 4.61. The van der Waals surface area contributed by atoms with Crippen LogP contribution in [0, 0.1) is 5.92 Å². The summed E-state index contributed by atoms with van der Waals surface area (Å²) in [5, 5.41) is 3.30. The Morgan fingerprint density at radius 2 is 2.33 bits per heavy atom. The van der Waals surface area contributed by atoms with E-state index in [2.05, 4.69) is 17.1 Å². The van der Waals surface area contributed by atoms with Crippen LogP contribution < -0.4 is 5.32 Å². The fourth-order valence-electron chi connectivity index (χ4n) is 2.55. The summed E-state index contributed by atoms with van der Waals surface area (Å²) >= 11 is 0. The Morgan fingerprint density at radius 3 is 2.93 bits per heavy atom. The van der Waals surface area contributed by atoms with Gasteiger partial charge in [0.2, 0.25) is 0 Å². The van der Waals surface area contributed by atoms with Crippen LogP contribution in [-0.2, 0) is 4.74 Å². The SMILES string of the molecule is CCCC(CNC)N1CCC(COC)C1. The van der Waals surface area contributed by atoms with Crippen LogP contribution in [0.15, 0.2) is 0 Å². The smallest absolute Gasteiger partial charge is 0.0503 e. The van der Waals surface area contributed by atoms with Crippen molar-refractivity contribution in [1.29, 1.82) is 0 Å². The Kier molecular flexibility index (Phi) is 6.22. The maximum Gasteiger partial charge on any atom is 0.0503 e. The number of nitrogens with zero attached hydrogens (tertiary/aromatic N) is 1. The minimum atomic E-state index is 0.724. The van der Waals surface area contributed by atoms with E-state index in [9.17, 15) is 0 Å². The molecule has 2 atom stereocenters. The van der Waals surface area contributed by atoms with Crippen LogP contribution in [0.1, 0.15) is 26.2 Å². The fraction of sp³-hybridized carbons (Fsp3) is 1.00. The van der Waals surface area contributed by atoms with E-state index in [4.69, 9.17) is 4.74 Å². The van der Waals surface area contributed by atoms with Gasteiger partial charge in [-0.05, 0) is 32.4 Å². The van der Waals surface area contributed by atoms with Gasteiger partial charge in [0, 0.05) is 26.2 Å². The molecule has 1 aliphatic rings. The third kappa shape index (κ3) is 4.09. The zero-order valence-corrected chi connectivity index (χ0v) is 10.5. The molecule has 1 fully saturated rings. The van der Waals surface area contributed by atoms with Crippen molar-refractivity contribution in [2.75, 3.05) is 40.4 Å². The standard InChI is InChI=1S/C12H26N2O/c1-4-5-12(8-13-2)14-7-6-11(9-14)10-15-3/h11-13H,4-10H2,1-3H3. The fourth-order valence-corrected chi connectivity index (χ4v) is 2.55. The molecule has 1 aliphatic heterocycles. The van der Waals surface area contributed by atoms with Gasteiger partial charge in [-0.3, -0.25) is 4.90 Å². The van der Waals surface area contributed by atoms with Gasteiger partial charge in [0.15, 0.2) is 0 Å². The van der Waals surface area contributed by atoms with Crippen LogP contribution in [-0.4, -0.2) is 51.3 Å². The molecule has 1 heterocycles. The van der Waals surface area contributed by atoms with Gasteiger partial charge in [-0.2, -0.15) is 0 Å². The van der Waals surface area contributed by atoms with Crippen molar-refractivity contribution in [3.05, 3.63) is 0 Å². The van der Waals surface area contributed by atoms with Crippen molar-refractivity contribution in [3.8, 4) is 0 Å². The maximum absolute atomic E-state index is 5.23. The molecule has 0 spiro atoms. The van der Waals surface area contributed by atoms with E-state index >= 15 is 0 Å². The first kappa shape index (κ1) is 12.9. The van der Waals surface area contributed by atoms with E-state index in [0.29, 0.717) is 0 Å². The number of hydrogen-bond acceptors (Lipinski definition) is 3. The summed E-state index contributed by atoms with van der Waals surface area (Å²) in [6, 6.07) is 0.724. The molecule has 15 heavy (non-hydrogen) atoms. The molecule has 0 aliphatic carbocycles. The summed E-state index contributed by atoms with van der Waals surface area (Å²) < 4.78 is 5.23. The highest BCUT2D eigenvalue weighted by molar-refractivity contribution is 4.82. The van der Waals surface area contributed by atoms with Crippen LogP contribution in [0.5, 0.6) is 0 Å². The van der Waals surface area contributed by atoms with E-state index in [0.717, 1.165) is 25.1 Å². The Hall–Kier alpha value is -0.120. The van der Waals surface area contributed by atoms with Gasteiger partial charge in [-0.1, -0.05) is 13.3 Å².